The molecule has 0 atom stereocenters. The molecule has 0 bridgehead atoms. The first kappa shape index (κ1) is 18.5. The lowest BCUT2D eigenvalue weighted by Gasteiger charge is -2.13. The lowest BCUT2D eigenvalue weighted by atomic mass is 10.0. The minimum atomic E-state index is -1.25. The first-order chi connectivity index (χ1) is 11.9. The van der Waals surface area contributed by atoms with Gasteiger partial charge in [-0.05, 0) is 31.9 Å². The molecule has 1 fully saturated rings. The van der Waals surface area contributed by atoms with Crippen LogP contribution >= 0.6 is 0 Å². The Hall–Kier alpha value is -2.84. The fourth-order valence-electron chi connectivity index (χ4n) is 2.12. The molecule has 0 spiro atoms. The number of halogens is 2. The second-order valence-electron chi connectivity index (χ2n) is 5.23. The molecule has 1 saturated carbocycles. The van der Waals surface area contributed by atoms with E-state index in [9.17, 15) is 23.3 Å². The molecule has 0 aliphatic heterocycles. The van der Waals surface area contributed by atoms with Crippen molar-refractivity contribution >= 4 is 11.8 Å². The molecule has 0 heterocycles. The number of nitrogens with zero attached hydrogens (tertiary/aromatic N) is 2. The molecular formula is C16H16F2N2O5. The predicted octanol–water partition coefficient (Wildman–Crippen LogP) is 2.75. The molecule has 0 saturated heterocycles. The summed E-state index contributed by atoms with van der Waals surface area (Å²) in [5, 5.41) is 3.67. The van der Waals surface area contributed by atoms with Gasteiger partial charge in [-0.2, -0.15) is 0 Å². The number of carbonyl (C=O) groups excluding carboxylic acids is 2. The van der Waals surface area contributed by atoms with E-state index in [1.54, 1.807) is 0 Å². The molecule has 1 aromatic carbocycles. The van der Waals surface area contributed by atoms with Crippen molar-refractivity contribution in [2.75, 3.05) is 13.7 Å². The summed E-state index contributed by atoms with van der Waals surface area (Å²) in [4.78, 5) is 35.6. The molecule has 1 aliphatic rings. The highest BCUT2D eigenvalue weighted by Crippen LogP contribution is 2.29. The normalized spacial score (nSPS) is 14.0. The number of nitroso groups, excluding NO2 is 1. The van der Waals surface area contributed by atoms with Crippen molar-refractivity contribution in [3.63, 3.8) is 0 Å². The van der Waals surface area contributed by atoms with Crippen LogP contribution in [0.1, 0.15) is 30.1 Å². The number of Topliss-reactive ketones (excluding diaryl/α,β-unsaturated/α-hetero) is 1. The van der Waals surface area contributed by atoms with Crippen LogP contribution < -0.4 is 4.74 Å². The van der Waals surface area contributed by atoms with Gasteiger partial charge in [0.2, 0.25) is 5.78 Å². The van der Waals surface area contributed by atoms with Gasteiger partial charge in [0.25, 0.3) is 0 Å². The van der Waals surface area contributed by atoms with Crippen molar-refractivity contribution in [3.05, 3.63) is 46.0 Å². The predicted molar refractivity (Wildman–Crippen MR) is 82.6 cm³/mol. The van der Waals surface area contributed by atoms with Crippen LogP contribution in [-0.4, -0.2) is 36.5 Å². The summed E-state index contributed by atoms with van der Waals surface area (Å²) in [6.07, 6.45) is 2.27. The van der Waals surface area contributed by atoms with E-state index in [2.05, 4.69) is 10.0 Å². The summed E-state index contributed by atoms with van der Waals surface area (Å²) in [5.74, 6) is -5.10. The van der Waals surface area contributed by atoms with Gasteiger partial charge in [-0.1, -0.05) is 0 Å². The Morgan fingerprint density at radius 2 is 2.04 bits per heavy atom. The average molecular weight is 354 g/mol. The molecule has 7 nitrogen and oxygen atoms in total. The van der Waals surface area contributed by atoms with E-state index < -0.39 is 40.3 Å². The van der Waals surface area contributed by atoms with Gasteiger partial charge in [0.1, 0.15) is 5.57 Å². The quantitative estimate of drug-likeness (QED) is 0.136. The van der Waals surface area contributed by atoms with Crippen molar-refractivity contribution in [1.82, 2.24) is 5.01 Å². The van der Waals surface area contributed by atoms with Gasteiger partial charge in [-0.3, -0.25) is 4.79 Å². The molecule has 0 unspecified atom stereocenters. The molecule has 2 rings (SSSR count). The van der Waals surface area contributed by atoms with E-state index in [1.807, 2.05) is 0 Å². The Labute approximate surface area is 142 Å². The third-order valence-electron chi connectivity index (χ3n) is 3.51. The highest BCUT2D eigenvalue weighted by Gasteiger charge is 2.32. The Bertz CT molecular complexity index is 731. The highest BCUT2D eigenvalue weighted by molar-refractivity contribution is 6.24. The zero-order chi connectivity index (χ0) is 18.6. The SMILES string of the molecule is CCOC(=O)/C(=C\N(N=O)C1CC1)C(=O)c1ccc(F)c(OC)c1F. The van der Waals surface area contributed by atoms with Gasteiger partial charge >= 0.3 is 5.97 Å². The van der Waals surface area contributed by atoms with Crippen molar-refractivity contribution in [2.45, 2.75) is 25.8 Å². The smallest absolute Gasteiger partial charge is 0.343 e. The van der Waals surface area contributed by atoms with Crippen molar-refractivity contribution in [3.8, 4) is 5.75 Å². The second-order valence-corrected chi connectivity index (χ2v) is 5.23. The van der Waals surface area contributed by atoms with Crippen molar-refractivity contribution in [2.24, 2.45) is 5.29 Å². The number of methoxy groups -OCH3 is 1. The largest absolute Gasteiger partial charge is 0.491 e. The van der Waals surface area contributed by atoms with Gasteiger partial charge in [0.15, 0.2) is 17.4 Å². The van der Waals surface area contributed by atoms with E-state index >= 15 is 0 Å². The first-order valence-electron chi connectivity index (χ1n) is 7.51. The number of ether oxygens (including phenoxy) is 2. The maximum Gasteiger partial charge on any atom is 0.343 e. The van der Waals surface area contributed by atoms with Gasteiger partial charge in [0.05, 0.1) is 30.6 Å². The summed E-state index contributed by atoms with van der Waals surface area (Å²) in [7, 11) is 1.04. The molecule has 0 radical (unpaired) electrons. The molecule has 9 heteroatoms. The summed E-state index contributed by atoms with van der Waals surface area (Å²) < 4.78 is 37.2. The van der Waals surface area contributed by atoms with Gasteiger partial charge < -0.3 is 9.47 Å². The topological polar surface area (TPSA) is 85.3 Å². The van der Waals surface area contributed by atoms with Crippen LogP contribution in [0.25, 0.3) is 0 Å². The first-order valence-corrected chi connectivity index (χ1v) is 7.51. The van der Waals surface area contributed by atoms with E-state index in [0.29, 0.717) is 12.8 Å². The monoisotopic (exact) mass is 354 g/mol. The number of benzene rings is 1. The fourth-order valence-corrected chi connectivity index (χ4v) is 2.12. The fraction of sp³-hybridized carbons (Fsp3) is 0.375. The van der Waals surface area contributed by atoms with E-state index in [1.165, 1.54) is 6.92 Å². The molecular weight excluding hydrogens is 338 g/mol. The number of hydrogen-bond donors (Lipinski definition) is 0. The van der Waals surface area contributed by atoms with Crippen LogP contribution in [0.15, 0.2) is 29.2 Å². The molecule has 25 heavy (non-hydrogen) atoms. The van der Waals surface area contributed by atoms with Crippen LogP contribution in [-0.2, 0) is 9.53 Å². The molecule has 0 amide bonds. The molecule has 134 valence electrons. The lowest BCUT2D eigenvalue weighted by molar-refractivity contribution is -0.138. The van der Waals surface area contributed by atoms with Gasteiger partial charge in [-0.15, -0.1) is 4.91 Å². The van der Waals surface area contributed by atoms with Gasteiger partial charge in [0, 0.05) is 6.20 Å². The highest BCUT2D eigenvalue weighted by atomic mass is 19.1. The molecule has 1 aliphatic carbocycles. The van der Waals surface area contributed by atoms with Crippen molar-refractivity contribution < 1.29 is 27.8 Å². The summed E-state index contributed by atoms with van der Waals surface area (Å²) in [5.41, 5.74) is -1.17. The molecule has 0 aromatic heterocycles. The Kier molecular flexibility index (Phi) is 5.79. The molecule has 1 aromatic rings. The van der Waals surface area contributed by atoms with Crippen LogP contribution in [0, 0.1) is 16.5 Å². The van der Waals surface area contributed by atoms with Gasteiger partial charge in [-0.25, -0.2) is 18.6 Å². The average Bonchev–Trinajstić information content (AvgIpc) is 3.41. The maximum absolute atomic E-state index is 14.3. The third kappa shape index (κ3) is 3.98. The number of hydrogen-bond acceptors (Lipinski definition) is 6. The van der Waals surface area contributed by atoms with E-state index in [-0.39, 0.29) is 12.6 Å². The molecule has 0 N–H and O–H groups in total. The zero-order valence-corrected chi connectivity index (χ0v) is 13.6. The van der Waals surface area contributed by atoms with E-state index in [0.717, 1.165) is 30.5 Å². The second kappa shape index (κ2) is 7.82. The Morgan fingerprint density at radius 1 is 1.36 bits per heavy atom. The van der Waals surface area contributed by atoms with Crippen LogP contribution in [0.2, 0.25) is 0 Å². The number of ketones is 1. The zero-order valence-electron chi connectivity index (χ0n) is 13.6. The standard InChI is InChI=1S/C16H16F2N2O5/c1-3-25-16(22)11(8-20(19-23)9-4-5-9)14(21)10-6-7-12(17)15(24-2)13(10)18/h6-9H,3-5H2,1-2H3/b11-8-. The van der Waals surface area contributed by atoms with Crippen LogP contribution in [0.4, 0.5) is 8.78 Å². The Balaban J connectivity index is 2.47. The van der Waals surface area contributed by atoms with Crippen molar-refractivity contribution in [1.29, 1.82) is 0 Å². The summed E-state index contributed by atoms with van der Waals surface area (Å²) >= 11 is 0. The van der Waals surface area contributed by atoms with E-state index in [4.69, 9.17) is 4.74 Å². The number of carbonyl (C=O) groups is 2. The minimum Gasteiger partial charge on any atom is -0.491 e. The number of esters is 1. The van der Waals surface area contributed by atoms with Crippen LogP contribution in [0.3, 0.4) is 0 Å². The van der Waals surface area contributed by atoms with Crippen LogP contribution in [0.5, 0.6) is 5.75 Å². The third-order valence-corrected chi connectivity index (χ3v) is 3.51. The summed E-state index contributed by atoms with van der Waals surface area (Å²) in [6.45, 7) is 1.49. The number of rotatable bonds is 8. The Morgan fingerprint density at radius 3 is 2.56 bits per heavy atom. The lowest BCUT2D eigenvalue weighted by Crippen LogP contribution is -2.22. The maximum atomic E-state index is 14.3. The summed E-state index contributed by atoms with van der Waals surface area (Å²) in [6, 6.07) is 1.51. The minimum absolute atomic E-state index is 0.0311.